The topological polar surface area (TPSA) is 151 Å². The van der Waals surface area contributed by atoms with Crippen LogP contribution in [0.2, 0.25) is 0 Å². The Labute approximate surface area is 180 Å². The molecule has 4 N–H and O–H groups in total. The van der Waals surface area contributed by atoms with Gasteiger partial charge < -0.3 is 15.4 Å². The van der Waals surface area contributed by atoms with Crippen LogP contribution in [0.15, 0.2) is 65.2 Å². The van der Waals surface area contributed by atoms with Crippen LogP contribution < -0.4 is 15.8 Å². The predicted molar refractivity (Wildman–Crippen MR) is 114 cm³/mol. The number of esters is 1. The fourth-order valence-electron chi connectivity index (χ4n) is 2.49. The molecule has 2 aromatic rings. The molecule has 0 saturated heterocycles. The van der Waals surface area contributed by atoms with E-state index < -0.39 is 21.9 Å². The van der Waals surface area contributed by atoms with Crippen LogP contribution in [-0.4, -0.2) is 33.4 Å². The molecule has 0 radical (unpaired) electrons. The van der Waals surface area contributed by atoms with Gasteiger partial charge in [-0.3, -0.25) is 4.79 Å². The lowest BCUT2D eigenvalue weighted by Crippen LogP contribution is -2.18. The number of nitriles is 1. The van der Waals surface area contributed by atoms with E-state index in [-0.39, 0.29) is 17.1 Å². The smallest absolute Gasteiger partial charge is 0.338 e. The quantitative estimate of drug-likeness (QED) is 0.231. The summed E-state index contributed by atoms with van der Waals surface area (Å²) in [6.45, 7) is 2.39. The van der Waals surface area contributed by atoms with Gasteiger partial charge in [-0.15, -0.1) is 0 Å². The van der Waals surface area contributed by atoms with Crippen molar-refractivity contribution in [2.24, 2.45) is 5.14 Å². The van der Waals surface area contributed by atoms with Gasteiger partial charge in [-0.05, 0) is 55.3 Å². The second-order valence-electron chi connectivity index (χ2n) is 6.31. The lowest BCUT2D eigenvalue weighted by Gasteiger charge is -2.07. The molecular formula is C21H22N4O5S. The van der Waals surface area contributed by atoms with E-state index in [0.29, 0.717) is 24.2 Å². The summed E-state index contributed by atoms with van der Waals surface area (Å²) in [5.41, 5.74) is 1.51. The molecule has 2 aromatic carbocycles. The predicted octanol–water partition coefficient (Wildman–Crippen LogP) is 1.69. The summed E-state index contributed by atoms with van der Waals surface area (Å²) < 4.78 is 27.4. The van der Waals surface area contributed by atoms with Crippen molar-refractivity contribution < 1.29 is 22.7 Å². The number of rotatable bonds is 9. The molecule has 0 fully saturated rings. The molecule has 10 heteroatoms. The summed E-state index contributed by atoms with van der Waals surface area (Å²) in [5, 5.41) is 19.7. The van der Waals surface area contributed by atoms with Crippen LogP contribution in [-0.2, 0) is 26.0 Å². The molecule has 31 heavy (non-hydrogen) atoms. The van der Waals surface area contributed by atoms with Gasteiger partial charge in [0.2, 0.25) is 10.0 Å². The Kier molecular flexibility index (Phi) is 8.31. The highest BCUT2D eigenvalue weighted by Gasteiger charge is 2.11. The molecule has 0 saturated carbocycles. The number of benzene rings is 2. The van der Waals surface area contributed by atoms with Crippen LogP contribution in [0.25, 0.3) is 0 Å². The van der Waals surface area contributed by atoms with Gasteiger partial charge in [0.25, 0.3) is 5.91 Å². The SMILES string of the molecule is CCOC(=O)c1ccc(NC(=O)/C(C#N)=C\NCCc2ccc(S(N)(=O)=O)cc2)cc1. The van der Waals surface area contributed by atoms with Crippen molar-refractivity contribution in [2.45, 2.75) is 18.2 Å². The van der Waals surface area contributed by atoms with Crippen LogP contribution in [0.1, 0.15) is 22.8 Å². The first-order valence-electron chi connectivity index (χ1n) is 9.28. The molecule has 0 atom stereocenters. The van der Waals surface area contributed by atoms with Crippen molar-refractivity contribution in [1.82, 2.24) is 5.32 Å². The average Bonchev–Trinajstić information content (AvgIpc) is 2.74. The third kappa shape index (κ3) is 7.26. The molecule has 0 aliphatic rings. The number of primary sulfonamides is 1. The van der Waals surface area contributed by atoms with Gasteiger partial charge in [-0.2, -0.15) is 5.26 Å². The van der Waals surface area contributed by atoms with E-state index in [1.807, 2.05) is 6.07 Å². The first-order valence-corrected chi connectivity index (χ1v) is 10.8. The number of hydrogen-bond acceptors (Lipinski definition) is 7. The minimum Gasteiger partial charge on any atom is -0.462 e. The minimum atomic E-state index is -3.73. The summed E-state index contributed by atoms with van der Waals surface area (Å²) >= 11 is 0. The molecule has 0 heterocycles. The highest BCUT2D eigenvalue weighted by molar-refractivity contribution is 7.89. The standard InChI is InChI=1S/C21H22N4O5S/c1-2-30-21(27)16-5-7-18(8-6-16)25-20(26)17(13-22)14-24-12-11-15-3-9-19(10-4-15)31(23,28)29/h3-10,14,24H,2,11-12H2,1H3,(H,25,26)(H2,23,28,29)/b17-14-. The Morgan fingerprint density at radius 2 is 1.77 bits per heavy atom. The Morgan fingerprint density at radius 1 is 1.13 bits per heavy atom. The van der Waals surface area contributed by atoms with E-state index >= 15 is 0 Å². The van der Waals surface area contributed by atoms with Crippen molar-refractivity contribution in [3.05, 3.63) is 71.4 Å². The normalized spacial score (nSPS) is 11.3. The summed E-state index contributed by atoms with van der Waals surface area (Å²) in [6, 6.07) is 14.1. The second-order valence-corrected chi connectivity index (χ2v) is 7.88. The highest BCUT2D eigenvalue weighted by Crippen LogP contribution is 2.12. The number of anilines is 1. The Bertz CT molecular complexity index is 1100. The summed E-state index contributed by atoms with van der Waals surface area (Å²) in [6.07, 6.45) is 1.85. The number of sulfonamides is 1. The van der Waals surface area contributed by atoms with Gasteiger partial charge >= 0.3 is 5.97 Å². The number of carbonyl (C=O) groups is 2. The zero-order valence-electron chi connectivity index (χ0n) is 16.8. The average molecular weight is 442 g/mol. The van der Waals surface area contributed by atoms with Gasteiger partial charge in [0.05, 0.1) is 17.1 Å². The maximum Gasteiger partial charge on any atom is 0.338 e. The van der Waals surface area contributed by atoms with Crippen LogP contribution in [0, 0.1) is 11.3 Å². The molecular weight excluding hydrogens is 420 g/mol. The van der Waals surface area contributed by atoms with Crippen molar-refractivity contribution in [2.75, 3.05) is 18.5 Å². The summed E-state index contributed by atoms with van der Waals surface area (Å²) in [7, 11) is -3.73. The number of carbonyl (C=O) groups excluding carboxylic acids is 2. The van der Waals surface area contributed by atoms with E-state index in [0.717, 1.165) is 5.56 Å². The third-order valence-electron chi connectivity index (χ3n) is 4.08. The van der Waals surface area contributed by atoms with Gasteiger partial charge in [0.1, 0.15) is 11.6 Å². The lowest BCUT2D eigenvalue weighted by molar-refractivity contribution is -0.112. The monoisotopic (exact) mass is 442 g/mol. The molecule has 0 spiro atoms. The lowest BCUT2D eigenvalue weighted by atomic mass is 10.1. The van der Waals surface area contributed by atoms with Crippen molar-refractivity contribution in [1.29, 1.82) is 5.26 Å². The molecule has 0 aromatic heterocycles. The van der Waals surface area contributed by atoms with Gasteiger partial charge in [0, 0.05) is 18.4 Å². The van der Waals surface area contributed by atoms with E-state index in [1.165, 1.54) is 42.6 Å². The van der Waals surface area contributed by atoms with Crippen LogP contribution in [0.5, 0.6) is 0 Å². The van der Waals surface area contributed by atoms with E-state index in [4.69, 9.17) is 9.88 Å². The van der Waals surface area contributed by atoms with Gasteiger partial charge in [-0.1, -0.05) is 12.1 Å². The molecule has 0 aliphatic carbocycles. The zero-order valence-corrected chi connectivity index (χ0v) is 17.6. The molecule has 2 rings (SSSR count). The van der Waals surface area contributed by atoms with E-state index in [2.05, 4.69) is 10.6 Å². The van der Waals surface area contributed by atoms with E-state index in [9.17, 15) is 23.3 Å². The molecule has 0 bridgehead atoms. The second kappa shape index (κ2) is 10.9. The summed E-state index contributed by atoms with van der Waals surface area (Å²) in [5.74, 6) is -1.06. The maximum absolute atomic E-state index is 12.3. The highest BCUT2D eigenvalue weighted by atomic mass is 32.2. The fraction of sp³-hybridized carbons (Fsp3) is 0.190. The fourth-order valence-corrected chi connectivity index (χ4v) is 3.00. The number of nitrogens with one attached hydrogen (secondary N) is 2. The molecule has 0 aliphatic heterocycles. The first kappa shape index (κ1) is 23.6. The third-order valence-corrected chi connectivity index (χ3v) is 5.00. The molecule has 9 nitrogen and oxygen atoms in total. The maximum atomic E-state index is 12.3. The van der Waals surface area contributed by atoms with Crippen LogP contribution >= 0.6 is 0 Å². The van der Waals surface area contributed by atoms with Crippen molar-refractivity contribution in [3.8, 4) is 6.07 Å². The zero-order chi connectivity index (χ0) is 22.9. The first-order chi connectivity index (χ1) is 14.7. The number of hydrogen-bond donors (Lipinski definition) is 3. The molecule has 0 unspecified atom stereocenters. The number of amides is 1. The Balaban J connectivity index is 1.89. The van der Waals surface area contributed by atoms with Crippen LogP contribution in [0.3, 0.4) is 0 Å². The van der Waals surface area contributed by atoms with Crippen LogP contribution in [0.4, 0.5) is 5.69 Å². The Hall–Kier alpha value is -3.68. The largest absolute Gasteiger partial charge is 0.462 e. The van der Waals surface area contributed by atoms with Crippen molar-refractivity contribution >= 4 is 27.6 Å². The van der Waals surface area contributed by atoms with Gasteiger partial charge in [0.15, 0.2) is 0 Å². The number of nitrogens with two attached hydrogens (primary N) is 1. The van der Waals surface area contributed by atoms with Gasteiger partial charge in [-0.25, -0.2) is 18.4 Å². The Morgan fingerprint density at radius 3 is 2.32 bits per heavy atom. The minimum absolute atomic E-state index is 0.0304. The number of nitrogens with zero attached hydrogens (tertiary/aromatic N) is 1. The number of ether oxygens (including phenoxy) is 1. The summed E-state index contributed by atoms with van der Waals surface area (Å²) in [4.78, 5) is 23.9. The van der Waals surface area contributed by atoms with Crippen molar-refractivity contribution in [3.63, 3.8) is 0 Å². The molecule has 162 valence electrons. The molecule has 1 amide bonds. The van der Waals surface area contributed by atoms with E-state index in [1.54, 1.807) is 19.1 Å².